The zero-order chi connectivity index (χ0) is 22.1. The molecule has 1 saturated heterocycles. The lowest BCUT2D eigenvalue weighted by Crippen LogP contribution is -2.44. The Kier molecular flexibility index (Phi) is 10.7. The minimum absolute atomic E-state index is 0. The van der Waals surface area contributed by atoms with Crippen LogP contribution in [0.3, 0.4) is 0 Å². The molecule has 0 unspecified atom stereocenters. The monoisotopic (exact) mass is 547 g/mol. The van der Waals surface area contributed by atoms with Crippen molar-refractivity contribution in [2.24, 2.45) is 4.99 Å². The summed E-state index contributed by atoms with van der Waals surface area (Å²) in [5.41, 5.74) is 4.67. The molecular weight excluding hydrogens is 513 g/mol. The van der Waals surface area contributed by atoms with Crippen LogP contribution in [0.25, 0.3) is 6.08 Å². The van der Waals surface area contributed by atoms with Crippen LogP contribution in [0, 0.1) is 0 Å². The highest BCUT2D eigenvalue weighted by atomic mass is 127. The lowest BCUT2D eigenvalue weighted by atomic mass is 10.0. The first-order chi connectivity index (χ1) is 15.0. The van der Waals surface area contributed by atoms with E-state index in [0.717, 1.165) is 43.1 Å². The van der Waals surface area contributed by atoms with Gasteiger partial charge in [-0.25, -0.2) is 0 Å². The van der Waals surface area contributed by atoms with Crippen molar-refractivity contribution in [1.82, 2.24) is 15.1 Å². The minimum Gasteiger partial charge on any atom is -0.352 e. The fourth-order valence-electron chi connectivity index (χ4n) is 3.70. The van der Waals surface area contributed by atoms with Crippen LogP contribution in [0.1, 0.15) is 24.0 Å². The SMILES string of the molecule is CN=C(NCc1cccc(NC(=O)CN(C)C)c1)N1CCC(=Cc2ccccc2)CC1.I. The number of aliphatic imine (C=N–C) groups is 1. The van der Waals surface area contributed by atoms with Crippen LogP contribution in [0.2, 0.25) is 0 Å². The van der Waals surface area contributed by atoms with E-state index in [4.69, 9.17) is 0 Å². The summed E-state index contributed by atoms with van der Waals surface area (Å²) in [6.45, 7) is 2.94. The first-order valence-corrected chi connectivity index (χ1v) is 10.8. The molecule has 7 heteroatoms. The normalized spacial score (nSPS) is 14.1. The number of likely N-dealkylation sites (N-methyl/N-ethyl adjacent to an activating group) is 1. The summed E-state index contributed by atoms with van der Waals surface area (Å²) in [5, 5.41) is 6.42. The highest BCUT2D eigenvalue weighted by Gasteiger charge is 2.17. The number of rotatable bonds is 6. The van der Waals surface area contributed by atoms with Crippen LogP contribution in [0.4, 0.5) is 5.69 Å². The van der Waals surface area contributed by atoms with Gasteiger partial charge in [-0.2, -0.15) is 0 Å². The van der Waals surface area contributed by atoms with Gasteiger partial charge < -0.3 is 20.4 Å². The van der Waals surface area contributed by atoms with E-state index in [9.17, 15) is 4.79 Å². The van der Waals surface area contributed by atoms with Crippen LogP contribution >= 0.6 is 24.0 Å². The molecule has 0 spiro atoms. The summed E-state index contributed by atoms with van der Waals surface area (Å²) in [6, 6.07) is 18.4. The Balaban J connectivity index is 0.00000363. The number of amides is 1. The minimum atomic E-state index is -0.0152. The molecule has 0 aliphatic carbocycles. The van der Waals surface area contributed by atoms with Crippen LogP contribution in [-0.2, 0) is 11.3 Å². The van der Waals surface area contributed by atoms with E-state index in [1.807, 2.05) is 50.3 Å². The van der Waals surface area contributed by atoms with Crippen LogP contribution < -0.4 is 10.6 Å². The average Bonchev–Trinajstić information content (AvgIpc) is 2.75. The number of likely N-dealkylation sites (tertiary alicyclic amines) is 1. The van der Waals surface area contributed by atoms with Crippen molar-refractivity contribution in [1.29, 1.82) is 0 Å². The first kappa shape index (κ1) is 25.9. The van der Waals surface area contributed by atoms with Gasteiger partial charge in [0.2, 0.25) is 5.91 Å². The van der Waals surface area contributed by atoms with Gasteiger partial charge in [0, 0.05) is 32.4 Å². The lowest BCUT2D eigenvalue weighted by Gasteiger charge is -2.31. The van der Waals surface area contributed by atoms with E-state index in [0.29, 0.717) is 13.1 Å². The fraction of sp³-hybridized carbons (Fsp3) is 0.360. The van der Waals surface area contributed by atoms with Crippen LogP contribution in [0.5, 0.6) is 0 Å². The molecule has 2 aromatic rings. The summed E-state index contributed by atoms with van der Waals surface area (Å²) in [7, 11) is 5.59. The van der Waals surface area contributed by atoms with E-state index in [2.05, 4.69) is 56.9 Å². The van der Waals surface area contributed by atoms with Crippen LogP contribution in [-0.4, -0.2) is 62.4 Å². The topological polar surface area (TPSA) is 60.0 Å². The molecular formula is C25H34IN5O. The zero-order valence-corrected chi connectivity index (χ0v) is 21.5. The molecule has 1 fully saturated rings. The van der Waals surface area contributed by atoms with Gasteiger partial charge in [0.15, 0.2) is 5.96 Å². The van der Waals surface area contributed by atoms with Gasteiger partial charge in [-0.3, -0.25) is 9.79 Å². The van der Waals surface area contributed by atoms with Gasteiger partial charge in [-0.1, -0.05) is 54.1 Å². The second-order valence-electron chi connectivity index (χ2n) is 8.09. The molecule has 32 heavy (non-hydrogen) atoms. The Morgan fingerprint density at radius 3 is 2.47 bits per heavy atom. The largest absolute Gasteiger partial charge is 0.352 e. The number of hydrogen-bond donors (Lipinski definition) is 2. The molecule has 0 saturated carbocycles. The maximum Gasteiger partial charge on any atom is 0.238 e. The predicted octanol–water partition coefficient (Wildman–Crippen LogP) is 4.06. The number of nitrogens with one attached hydrogen (secondary N) is 2. The molecule has 1 aliphatic rings. The summed E-state index contributed by atoms with van der Waals surface area (Å²) in [4.78, 5) is 20.6. The van der Waals surface area contributed by atoms with Crippen molar-refractivity contribution in [2.45, 2.75) is 19.4 Å². The maximum atomic E-state index is 12.0. The van der Waals surface area contributed by atoms with E-state index in [-0.39, 0.29) is 29.9 Å². The van der Waals surface area contributed by atoms with Gasteiger partial charge in [-0.05, 0) is 50.2 Å². The lowest BCUT2D eigenvalue weighted by molar-refractivity contribution is -0.116. The molecule has 1 aliphatic heterocycles. The third-order valence-corrected chi connectivity index (χ3v) is 5.21. The number of hydrogen-bond acceptors (Lipinski definition) is 3. The number of halogens is 1. The molecule has 1 amide bonds. The molecule has 172 valence electrons. The second-order valence-corrected chi connectivity index (χ2v) is 8.09. The quantitative estimate of drug-likeness (QED) is 0.326. The number of guanidine groups is 1. The smallest absolute Gasteiger partial charge is 0.238 e. The molecule has 6 nitrogen and oxygen atoms in total. The van der Waals surface area contributed by atoms with Gasteiger partial charge >= 0.3 is 0 Å². The molecule has 2 aromatic carbocycles. The Morgan fingerprint density at radius 1 is 1.09 bits per heavy atom. The van der Waals surface area contributed by atoms with Gasteiger partial charge in [-0.15, -0.1) is 24.0 Å². The number of benzene rings is 2. The number of piperidine rings is 1. The van der Waals surface area contributed by atoms with Crippen molar-refractivity contribution in [3.63, 3.8) is 0 Å². The molecule has 0 bridgehead atoms. The molecule has 2 N–H and O–H groups in total. The van der Waals surface area contributed by atoms with Crippen molar-refractivity contribution in [2.75, 3.05) is 46.1 Å². The Morgan fingerprint density at radius 2 is 1.81 bits per heavy atom. The summed E-state index contributed by atoms with van der Waals surface area (Å²) in [6.07, 6.45) is 4.40. The zero-order valence-electron chi connectivity index (χ0n) is 19.2. The molecule has 1 heterocycles. The number of carbonyl (C=O) groups is 1. The Hall–Kier alpha value is -2.39. The molecule has 3 rings (SSSR count). The average molecular weight is 547 g/mol. The van der Waals surface area contributed by atoms with Crippen molar-refractivity contribution in [3.05, 3.63) is 71.3 Å². The van der Waals surface area contributed by atoms with E-state index >= 15 is 0 Å². The maximum absolute atomic E-state index is 12.0. The van der Waals surface area contributed by atoms with Gasteiger partial charge in [0.1, 0.15) is 0 Å². The number of carbonyl (C=O) groups excluding carboxylic acids is 1. The second kappa shape index (κ2) is 13.2. The highest BCUT2D eigenvalue weighted by Crippen LogP contribution is 2.19. The number of nitrogens with zero attached hydrogens (tertiary/aromatic N) is 3. The van der Waals surface area contributed by atoms with E-state index in [1.165, 1.54) is 11.1 Å². The fourth-order valence-corrected chi connectivity index (χ4v) is 3.70. The number of anilines is 1. The predicted molar refractivity (Wildman–Crippen MR) is 144 cm³/mol. The third-order valence-electron chi connectivity index (χ3n) is 5.21. The van der Waals surface area contributed by atoms with Crippen molar-refractivity contribution in [3.8, 4) is 0 Å². The summed E-state index contributed by atoms with van der Waals surface area (Å²) >= 11 is 0. The van der Waals surface area contributed by atoms with Gasteiger partial charge in [0.25, 0.3) is 0 Å². The molecule has 0 aromatic heterocycles. The third kappa shape index (κ3) is 8.27. The van der Waals surface area contributed by atoms with E-state index < -0.39 is 0 Å². The molecule has 0 radical (unpaired) electrons. The first-order valence-electron chi connectivity index (χ1n) is 10.8. The van der Waals surface area contributed by atoms with Crippen LogP contribution in [0.15, 0.2) is 65.2 Å². The highest BCUT2D eigenvalue weighted by molar-refractivity contribution is 14.0. The van der Waals surface area contributed by atoms with E-state index in [1.54, 1.807) is 0 Å². The Labute approximate surface area is 208 Å². The Bertz CT molecular complexity index is 917. The summed E-state index contributed by atoms with van der Waals surface area (Å²) < 4.78 is 0. The van der Waals surface area contributed by atoms with Crippen molar-refractivity contribution < 1.29 is 4.79 Å². The molecule has 0 atom stereocenters. The van der Waals surface area contributed by atoms with Gasteiger partial charge in [0.05, 0.1) is 6.54 Å². The summed E-state index contributed by atoms with van der Waals surface area (Å²) in [5.74, 6) is 0.902. The van der Waals surface area contributed by atoms with Crippen molar-refractivity contribution >= 4 is 47.6 Å². The standard InChI is InChI=1S/C25H33N5O.HI/c1-26-25(30-14-12-21(13-15-30)16-20-8-5-4-6-9-20)27-18-22-10-7-11-23(17-22)28-24(31)19-29(2)3;/h4-11,16-17H,12-15,18-19H2,1-3H3,(H,26,27)(H,28,31);1H.